The van der Waals surface area contributed by atoms with Crippen LogP contribution in [0.2, 0.25) is 0 Å². The third kappa shape index (κ3) is 3.87. The van der Waals surface area contributed by atoms with Crippen molar-refractivity contribution in [3.8, 4) is 0 Å². The van der Waals surface area contributed by atoms with E-state index in [0.29, 0.717) is 6.54 Å². The molecule has 0 atom stereocenters. The Kier molecular flexibility index (Phi) is 4.55. The van der Waals surface area contributed by atoms with Crippen molar-refractivity contribution in [2.45, 2.75) is 20.3 Å². The standard InChI is InChI=1S/C10H17N3OS/c1-7(2)9(14)12-5-4-8-6-15-10(11-3)13-8/h6-7H,4-5H2,1-3H3,(H,11,13)(H,12,14). The lowest BCUT2D eigenvalue weighted by Gasteiger charge is -2.05. The molecule has 0 bridgehead atoms. The van der Waals surface area contributed by atoms with Crippen molar-refractivity contribution in [2.75, 3.05) is 18.9 Å². The summed E-state index contributed by atoms with van der Waals surface area (Å²) in [5, 5.41) is 8.77. The SMILES string of the molecule is CNc1nc(CCNC(=O)C(C)C)cs1. The highest BCUT2D eigenvalue weighted by Crippen LogP contribution is 2.14. The van der Waals surface area contributed by atoms with Crippen molar-refractivity contribution < 1.29 is 4.79 Å². The van der Waals surface area contributed by atoms with Gasteiger partial charge < -0.3 is 10.6 Å². The molecule has 4 nitrogen and oxygen atoms in total. The summed E-state index contributed by atoms with van der Waals surface area (Å²) in [6, 6.07) is 0. The van der Waals surface area contributed by atoms with Gasteiger partial charge in [0.25, 0.3) is 0 Å². The molecule has 1 aromatic heterocycles. The molecule has 1 amide bonds. The molecule has 0 saturated heterocycles. The van der Waals surface area contributed by atoms with E-state index in [9.17, 15) is 4.79 Å². The van der Waals surface area contributed by atoms with E-state index < -0.39 is 0 Å². The van der Waals surface area contributed by atoms with Gasteiger partial charge in [-0.1, -0.05) is 13.8 Å². The predicted molar refractivity (Wildman–Crippen MR) is 63.2 cm³/mol. The van der Waals surface area contributed by atoms with Gasteiger partial charge in [0.1, 0.15) is 0 Å². The summed E-state index contributed by atoms with van der Waals surface area (Å²) >= 11 is 1.58. The normalized spacial score (nSPS) is 10.4. The van der Waals surface area contributed by atoms with Crippen LogP contribution in [0.3, 0.4) is 0 Å². The minimum absolute atomic E-state index is 0.0494. The molecule has 1 heterocycles. The molecule has 1 rings (SSSR count). The maximum atomic E-state index is 11.3. The molecule has 5 heteroatoms. The Bertz CT molecular complexity index is 322. The van der Waals surface area contributed by atoms with Crippen LogP contribution in [-0.4, -0.2) is 24.5 Å². The summed E-state index contributed by atoms with van der Waals surface area (Å²) in [5.41, 5.74) is 1.02. The first-order chi connectivity index (χ1) is 7.13. The average Bonchev–Trinajstić information content (AvgIpc) is 2.65. The fourth-order valence-corrected chi connectivity index (χ4v) is 1.76. The van der Waals surface area contributed by atoms with Gasteiger partial charge in [0.2, 0.25) is 5.91 Å². The van der Waals surface area contributed by atoms with Crippen LogP contribution >= 0.6 is 11.3 Å². The molecular weight excluding hydrogens is 210 g/mol. The fourth-order valence-electron chi connectivity index (χ4n) is 1.05. The Morgan fingerprint density at radius 3 is 2.87 bits per heavy atom. The van der Waals surface area contributed by atoms with Crippen LogP contribution in [0.25, 0.3) is 0 Å². The number of hydrogen-bond donors (Lipinski definition) is 2. The lowest BCUT2D eigenvalue weighted by atomic mass is 10.2. The first kappa shape index (κ1) is 12.0. The van der Waals surface area contributed by atoms with Gasteiger partial charge in [-0.2, -0.15) is 0 Å². The number of carbonyl (C=O) groups excluding carboxylic acids is 1. The highest BCUT2D eigenvalue weighted by molar-refractivity contribution is 7.13. The topological polar surface area (TPSA) is 54.0 Å². The van der Waals surface area contributed by atoms with E-state index in [0.717, 1.165) is 17.2 Å². The third-order valence-corrected chi connectivity index (χ3v) is 2.88. The first-order valence-corrected chi connectivity index (χ1v) is 5.91. The Balaban J connectivity index is 2.28. The number of nitrogens with one attached hydrogen (secondary N) is 2. The molecule has 0 aliphatic rings. The molecule has 0 aliphatic carbocycles. The molecule has 0 saturated carbocycles. The zero-order chi connectivity index (χ0) is 11.3. The highest BCUT2D eigenvalue weighted by atomic mass is 32.1. The summed E-state index contributed by atoms with van der Waals surface area (Å²) in [7, 11) is 1.85. The van der Waals surface area contributed by atoms with Crippen molar-refractivity contribution in [1.82, 2.24) is 10.3 Å². The number of thiazole rings is 1. The molecule has 0 aromatic carbocycles. The zero-order valence-electron chi connectivity index (χ0n) is 9.33. The van der Waals surface area contributed by atoms with Crippen molar-refractivity contribution in [1.29, 1.82) is 0 Å². The van der Waals surface area contributed by atoms with Crippen molar-refractivity contribution in [3.05, 3.63) is 11.1 Å². The average molecular weight is 227 g/mol. The van der Waals surface area contributed by atoms with Crippen LogP contribution in [0, 0.1) is 5.92 Å². The van der Waals surface area contributed by atoms with Crippen molar-refractivity contribution in [3.63, 3.8) is 0 Å². The quantitative estimate of drug-likeness (QED) is 0.801. The maximum absolute atomic E-state index is 11.3. The van der Waals surface area contributed by atoms with Gasteiger partial charge in [-0.3, -0.25) is 4.79 Å². The first-order valence-electron chi connectivity index (χ1n) is 5.03. The predicted octanol–water partition coefficient (Wildman–Crippen LogP) is 1.50. The lowest BCUT2D eigenvalue weighted by molar-refractivity contribution is -0.123. The van der Waals surface area contributed by atoms with E-state index >= 15 is 0 Å². The Hall–Kier alpha value is -1.10. The number of hydrogen-bond acceptors (Lipinski definition) is 4. The van der Waals surface area contributed by atoms with E-state index in [1.165, 1.54) is 0 Å². The van der Waals surface area contributed by atoms with Crippen molar-refractivity contribution in [2.24, 2.45) is 5.92 Å². The minimum Gasteiger partial charge on any atom is -0.365 e. The monoisotopic (exact) mass is 227 g/mol. The molecule has 0 unspecified atom stereocenters. The van der Waals surface area contributed by atoms with Crippen LogP contribution in [0.5, 0.6) is 0 Å². The Morgan fingerprint density at radius 1 is 1.60 bits per heavy atom. The third-order valence-electron chi connectivity index (χ3n) is 1.97. The second-order valence-electron chi connectivity index (χ2n) is 3.59. The van der Waals surface area contributed by atoms with Gasteiger partial charge in [0.15, 0.2) is 5.13 Å². The van der Waals surface area contributed by atoms with Gasteiger partial charge in [-0.15, -0.1) is 11.3 Å². The van der Waals surface area contributed by atoms with Gasteiger partial charge in [-0.25, -0.2) is 4.98 Å². The van der Waals surface area contributed by atoms with Crippen molar-refractivity contribution >= 4 is 22.4 Å². The van der Waals surface area contributed by atoms with E-state index in [4.69, 9.17) is 0 Å². The molecule has 0 spiro atoms. The fraction of sp³-hybridized carbons (Fsp3) is 0.600. The molecule has 0 aliphatic heterocycles. The second kappa shape index (κ2) is 5.70. The Morgan fingerprint density at radius 2 is 2.33 bits per heavy atom. The summed E-state index contributed by atoms with van der Waals surface area (Å²) in [5.74, 6) is 0.146. The number of nitrogens with zero attached hydrogens (tertiary/aromatic N) is 1. The Labute approximate surface area is 94.1 Å². The number of rotatable bonds is 5. The van der Waals surface area contributed by atoms with E-state index in [2.05, 4.69) is 15.6 Å². The molecule has 15 heavy (non-hydrogen) atoms. The summed E-state index contributed by atoms with van der Waals surface area (Å²) < 4.78 is 0. The van der Waals surface area contributed by atoms with Gasteiger partial charge in [0.05, 0.1) is 5.69 Å². The van der Waals surface area contributed by atoms with Crippen LogP contribution < -0.4 is 10.6 Å². The number of aromatic nitrogens is 1. The number of carbonyl (C=O) groups is 1. The van der Waals surface area contributed by atoms with Gasteiger partial charge in [0, 0.05) is 31.3 Å². The molecule has 0 radical (unpaired) electrons. The van der Waals surface area contributed by atoms with Crippen LogP contribution in [0.4, 0.5) is 5.13 Å². The maximum Gasteiger partial charge on any atom is 0.222 e. The zero-order valence-corrected chi connectivity index (χ0v) is 10.1. The van der Waals surface area contributed by atoms with Crippen LogP contribution in [0.15, 0.2) is 5.38 Å². The molecule has 2 N–H and O–H groups in total. The highest BCUT2D eigenvalue weighted by Gasteiger charge is 2.06. The minimum atomic E-state index is 0.0494. The summed E-state index contributed by atoms with van der Waals surface area (Å²) in [6.45, 7) is 4.43. The molecule has 84 valence electrons. The van der Waals surface area contributed by atoms with Crippen LogP contribution in [-0.2, 0) is 11.2 Å². The summed E-state index contributed by atoms with van der Waals surface area (Å²) in [6.07, 6.45) is 0.788. The summed E-state index contributed by atoms with van der Waals surface area (Å²) in [4.78, 5) is 15.6. The van der Waals surface area contributed by atoms with E-state index in [1.54, 1.807) is 11.3 Å². The second-order valence-corrected chi connectivity index (χ2v) is 4.45. The van der Waals surface area contributed by atoms with Crippen LogP contribution in [0.1, 0.15) is 19.5 Å². The molecular formula is C10H17N3OS. The van der Waals surface area contributed by atoms with Gasteiger partial charge >= 0.3 is 0 Å². The lowest BCUT2D eigenvalue weighted by Crippen LogP contribution is -2.29. The number of anilines is 1. The van der Waals surface area contributed by atoms with Gasteiger partial charge in [-0.05, 0) is 0 Å². The largest absolute Gasteiger partial charge is 0.365 e. The molecule has 1 aromatic rings. The van der Waals surface area contributed by atoms with E-state index in [-0.39, 0.29) is 11.8 Å². The molecule has 0 fully saturated rings. The smallest absolute Gasteiger partial charge is 0.222 e. The number of amides is 1. The van der Waals surface area contributed by atoms with E-state index in [1.807, 2.05) is 26.3 Å².